The van der Waals surface area contributed by atoms with Gasteiger partial charge in [-0.3, -0.25) is 4.79 Å². The van der Waals surface area contributed by atoms with Gasteiger partial charge in [0.25, 0.3) is 0 Å². The Bertz CT molecular complexity index is 811. The van der Waals surface area contributed by atoms with Crippen molar-refractivity contribution in [1.82, 2.24) is 0 Å². The molecule has 0 saturated carbocycles. The van der Waals surface area contributed by atoms with Crippen molar-refractivity contribution in [2.24, 2.45) is 0 Å². The number of rotatable bonds is 6. The molecule has 1 aliphatic heterocycles. The molecule has 0 bridgehead atoms. The Morgan fingerprint density at radius 2 is 1.71 bits per heavy atom. The Hall–Kier alpha value is -2.18. The number of hydrogen-bond donors (Lipinski definition) is 1. The molecule has 1 heterocycles. The number of carbonyl (C=O) groups is 2. The lowest BCUT2D eigenvalue weighted by atomic mass is 9.73. The predicted molar refractivity (Wildman–Crippen MR) is 112 cm³/mol. The standard InChI is InChI=1S/C22H24BrNO4/c1-2-13-28-20(25)16-3-9-19(10-4-16)24-21(26)22(11-14-27-15-12-22)17-5-7-18(23)8-6-17/h3-10H,2,11-15H2,1H3,(H,24,26). The molecule has 2 aromatic carbocycles. The maximum Gasteiger partial charge on any atom is 0.338 e. The molecule has 28 heavy (non-hydrogen) atoms. The van der Waals surface area contributed by atoms with Crippen molar-refractivity contribution in [2.45, 2.75) is 31.6 Å². The summed E-state index contributed by atoms with van der Waals surface area (Å²) in [6.45, 7) is 3.44. The Balaban J connectivity index is 1.77. The minimum Gasteiger partial charge on any atom is -0.462 e. The first-order valence-electron chi connectivity index (χ1n) is 9.47. The molecule has 1 aliphatic rings. The highest BCUT2D eigenvalue weighted by Gasteiger charge is 2.41. The summed E-state index contributed by atoms with van der Waals surface area (Å²) in [4.78, 5) is 25.2. The van der Waals surface area contributed by atoms with E-state index in [2.05, 4.69) is 21.2 Å². The summed E-state index contributed by atoms with van der Waals surface area (Å²) in [5, 5.41) is 3.02. The van der Waals surface area contributed by atoms with Gasteiger partial charge >= 0.3 is 5.97 Å². The average Bonchev–Trinajstić information content (AvgIpc) is 2.73. The van der Waals surface area contributed by atoms with E-state index >= 15 is 0 Å². The number of benzene rings is 2. The van der Waals surface area contributed by atoms with E-state index in [4.69, 9.17) is 9.47 Å². The van der Waals surface area contributed by atoms with Crippen LogP contribution in [-0.2, 0) is 19.7 Å². The molecule has 3 rings (SSSR count). The first-order chi connectivity index (χ1) is 13.5. The van der Waals surface area contributed by atoms with Gasteiger partial charge in [-0.05, 0) is 61.2 Å². The molecule has 148 valence electrons. The first kappa shape index (κ1) is 20.6. The van der Waals surface area contributed by atoms with Gasteiger partial charge < -0.3 is 14.8 Å². The normalized spacial score (nSPS) is 15.6. The summed E-state index contributed by atoms with van der Waals surface area (Å²) in [5.74, 6) is -0.407. The molecule has 2 aromatic rings. The summed E-state index contributed by atoms with van der Waals surface area (Å²) in [6, 6.07) is 14.7. The average molecular weight is 446 g/mol. The van der Waals surface area contributed by atoms with E-state index in [0.717, 1.165) is 16.5 Å². The van der Waals surface area contributed by atoms with Crippen LogP contribution in [0.1, 0.15) is 42.1 Å². The molecular formula is C22H24BrNO4. The molecule has 1 saturated heterocycles. The van der Waals surface area contributed by atoms with Gasteiger partial charge in [-0.2, -0.15) is 0 Å². The lowest BCUT2D eigenvalue weighted by Gasteiger charge is -2.36. The van der Waals surface area contributed by atoms with Crippen molar-refractivity contribution in [2.75, 3.05) is 25.1 Å². The van der Waals surface area contributed by atoms with Crippen molar-refractivity contribution in [3.63, 3.8) is 0 Å². The molecule has 0 unspecified atom stereocenters. The number of halogens is 1. The fourth-order valence-corrected chi connectivity index (χ4v) is 3.62. The Morgan fingerprint density at radius 3 is 2.32 bits per heavy atom. The number of amides is 1. The van der Waals surface area contributed by atoms with Gasteiger partial charge in [0.05, 0.1) is 17.6 Å². The number of esters is 1. The van der Waals surface area contributed by atoms with E-state index in [-0.39, 0.29) is 11.9 Å². The molecule has 0 aromatic heterocycles. The van der Waals surface area contributed by atoms with Gasteiger partial charge in [0.2, 0.25) is 5.91 Å². The summed E-state index contributed by atoms with van der Waals surface area (Å²) in [5.41, 5.74) is 1.48. The van der Waals surface area contributed by atoms with Crippen LogP contribution in [0.25, 0.3) is 0 Å². The van der Waals surface area contributed by atoms with Crippen molar-refractivity contribution in [1.29, 1.82) is 0 Å². The van der Waals surface area contributed by atoms with Gasteiger partial charge in [-0.25, -0.2) is 4.79 Å². The highest BCUT2D eigenvalue weighted by atomic mass is 79.9. The summed E-state index contributed by atoms with van der Waals surface area (Å²) >= 11 is 3.45. The third kappa shape index (κ3) is 4.62. The number of anilines is 1. The van der Waals surface area contributed by atoms with E-state index in [1.54, 1.807) is 24.3 Å². The largest absolute Gasteiger partial charge is 0.462 e. The van der Waals surface area contributed by atoms with E-state index in [9.17, 15) is 9.59 Å². The third-order valence-electron chi connectivity index (χ3n) is 4.99. The van der Waals surface area contributed by atoms with Crippen LogP contribution in [0.15, 0.2) is 53.0 Å². The van der Waals surface area contributed by atoms with Crippen molar-refractivity contribution in [3.8, 4) is 0 Å². The van der Waals surface area contributed by atoms with E-state index < -0.39 is 5.41 Å². The minimum absolute atomic E-state index is 0.0561. The first-order valence-corrected chi connectivity index (χ1v) is 10.3. The van der Waals surface area contributed by atoms with Crippen LogP contribution >= 0.6 is 15.9 Å². The highest BCUT2D eigenvalue weighted by molar-refractivity contribution is 9.10. The molecule has 1 amide bonds. The summed E-state index contributed by atoms with van der Waals surface area (Å²) in [6.07, 6.45) is 2.03. The SMILES string of the molecule is CCCOC(=O)c1ccc(NC(=O)C2(c3ccc(Br)cc3)CCOCC2)cc1. The van der Waals surface area contributed by atoms with Crippen molar-refractivity contribution >= 4 is 33.5 Å². The van der Waals surface area contributed by atoms with Gasteiger partial charge in [-0.15, -0.1) is 0 Å². The Kier molecular flexibility index (Phi) is 6.86. The minimum atomic E-state index is -0.627. The number of carbonyl (C=O) groups excluding carboxylic acids is 2. The topological polar surface area (TPSA) is 64.6 Å². The molecule has 0 radical (unpaired) electrons. The zero-order valence-electron chi connectivity index (χ0n) is 15.9. The molecule has 0 aliphatic carbocycles. The van der Waals surface area contributed by atoms with Crippen molar-refractivity contribution in [3.05, 3.63) is 64.1 Å². The summed E-state index contributed by atoms with van der Waals surface area (Å²) in [7, 11) is 0. The smallest absolute Gasteiger partial charge is 0.338 e. The van der Waals surface area contributed by atoms with Crippen LogP contribution in [0.4, 0.5) is 5.69 Å². The van der Waals surface area contributed by atoms with E-state index in [1.807, 2.05) is 31.2 Å². The molecule has 1 N–H and O–H groups in total. The second-order valence-corrected chi connectivity index (χ2v) is 7.78. The number of nitrogens with one attached hydrogen (secondary N) is 1. The van der Waals surface area contributed by atoms with Crippen molar-refractivity contribution < 1.29 is 19.1 Å². The number of ether oxygens (including phenoxy) is 2. The molecule has 0 atom stereocenters. The third-order valence-corrected chi connectivity index (χ3v) is 5.52. The van der Waals surface area contributed by atoms with E-state index in [0.29, 0.717) is 43.9 Å². The van der Waals surface area contributed by atoms with Crippen LogP contribution in [0.5, 0.6) is 0 Å². The lowest BCUT2D eigenvalue weighted by molar-refractivity contribution is -0.125. The fourth-order valence-electron chi connectivity index (χ4n) is 3.35. The monoisotopic (exact) mass is 445 g/mol. The van der Waals surface area contributed by atoms with Crippen LogP contribution in [0, 0.1) is 0 Å². The van der Waals surface area contributed by atoms with Gasteiger partial charge in [-0.1, -0.05) is 35.0 Å². The molecule has 6 heteroatoms. The summed E-state index contributed by atoms with van der Waals surface area (Å²) < 4.78 is 11.6. The lowest BCUT2D eigenvalue weighted by Crippen LogP contribution is -2.44. The van der Waals surface area contributed by atoms with Gasteiger partial charge in [0.15, 0.2) is 0 Å². The zero-order chi connectivity index (χ0) is 20.0. The highest BCUT2D eigenvalue weighted by Crippen LogP contribution is 2.36. The Labute approximate surface area is 173 Å². The quantitative estimate of drug-likeness (QED) is 0.654. The molecule has 5 nitrogen and oxygen atoms in total. The molecular weight excluding hydrogens is 422 g/mol. The van der Waals surface area contributed by atoms with Crippen LogP contribution in [-0.4, -0.2) is 31.7 Å². The fraction of sp³-hybridized carbons (Fsp3) is 0.364. The van der Waals surface area contributed by atoms with Crippen LogP contribution in [0.2, 0.25) is 0 Å². The Morgan fingerprint density at radius 1 is 1.07 bits per heavy atom. The zero-order valence-corrected chi connectivity index (χ0v) is 17.5. The van der Waals surface area contributed by atoms with Crippen LogP contribution < -0.4 is 5.32 Å². The molecule has 0 spiro atoms. The maximum absolute atomic E-state index is 13.3. The van der Waals surface area contributed by atoms with E-state index in [1.165, 1.54) is 0 Å². The van der Waals surface area contributed by atoms with Gasteiger partial charge in [0.1, 0.15) is 0 Å². The predicted octanol–water partition coefficient (Wildman–Crippen LogP) is 4.70. The second kappa shape index (κ2) is 9.34. The molecule has 1 fully saturated rings. The number of hydrogen-bond acceptors (Lipinski definition) is 4. The maximum atomic E-state index is 13.3. The van der Waals surface area contributed by atoms with Gasteiger partial charge in [0, 0.05) is 23.4 Å². The van der Waals surface area contributed by atoms with Crippen LogP contribution in [0.3, 0.4) is 0 Å². The second-order valence-electron chi connectivity index (χ2n) is 6.87.